The normalized spacial score (nSPS) is 11.6. The van der Waals surface area contributed by atoms with Gasteiger partial charge >= 0.3 is 0 Å². The Morgan fingerprint density at radius 3 is 2.00 bits per heavy atom. The fourth-order valence-electron chi connectivity index (χ4n) is 1.00. The van der Waals surface area contributed by atoms with E-state index in [1.165, 1.54) is 0 Å². The van der Waals surface area contributed by atoms with Gasteiger partial charge in [-0.1, -0.05) is 30.3 Å². The highest BCUT2D eigenvalue weighted by atomic mass is 16.3. The molecule has 1 aromatic rings. The van der Waals surface area contributed by atoms with Crippen LogP contribution in [-0.2, 0) is 5.54 Å². The van der Waals surface area contributed by atoms with Gasteiger partial charge in [-0.3, -0.25) is 0 Å². The molecule has 0 spiro atoms. The first-order chi connectivity index (χ1) is 5.73. The van der Waals surface area contributed by atoms with Crippen LogP contribution in [0.3, 0.4) is 0 Å². The molecule has 0 saturated heterocycles. The molecule has 0 aliphatic carbocycles. The summed E-state index contributed by atoms with van der Waals surface area (Å²) in [6, 6.07) is 9.07. The Kier molecular flexibility index (Phi) is 2.81. The summed E-state index contributed by atoms with van der Waals surface area (Å²) in [5, 5.41) is 17.9. The van der Waals surface area contributed by atoms with Gasteiger partial charge in [0.15, 0.2) is 0 Å². The molecule has 1 aromatic carbocycles. The van der Waals surface area contributed by atoms with Crippen molar-refractivity contribution in [2.45, 2.75) is 5.54 Å². The zero-order chi connectivity index (χ0) is 9.03. The van der Waals surface area contributed by atoms with Gasteiger partial charge in [-0.2, -0.15) is 0 Å². The topological polar surface area (TPSA) is 66.5 Å². The van der Waals surface area contributed by atoms with Crippen molar-refractivity contribution in [3.63, 3.8) is 0 Å². The van der Waals surface area contributed by atoms with Crippen molar-refractivity contribution in [2.75, 3.05) is 13.2 Å². The first kappa shape index (κ1) is 9.19. The molecule has 0 heterocycles. The van der Waals surface area contributed by atoms with Gasteiger partial charge in [-0.05, 0) is 5.56 Å². The molecule has 0 saturated carbocycles. The van der Waals surface area contributed by atoms with Gasteiger partial charge in [0.1, 0.15) is 0 Å². The predicted molar refractivity (Wildman–Crippen MR) is 46.5 cm³/mol. The second-order valence-corrected chi connectivity index (χ2v) is 2.84. The van der Waals surface area contributed by atoms with Crippen molar-refractivity contribution in [1.29, 1.82) is 0 Å². The molecule has 3 nitrogen and oxygen atoms in total. The maximum atomic E-state index is 8.95. The van der Waals surface area contributed by atoms with Gasteiger partial charge in [0.25, 0.3) is 0 Å². The number of nitrogens with two attached hydrogens (primary N) is 1. The highest BCUT2D eigenvalue weighted by molar-refractivity contribution is 5.23. The van der Waals surface area contributed by atoms with Crippen LogP contribution in [-0.4, -0.2) is 23.4 Å². The lowest BCUT2D eigenvalue weighted by atomic mass is 9.93. The van der Waals surface area contributed by atoms with E-state index in [1.54, 1.807) is 12.1 Å². The summed E-state index contributed by atoms with van der Waals surface area (Å²) >= 11 is 0. The molecule has 0 atom stereocenters. The minimum atomic E-state index is -1.01. The van der Waals surface area contributed by atoms with Crippen LogP contribution in [0.4, 0.5) is 0 Å². The monoisotopic (exact) mass is 167 g/mol. The molecule has 0 amide bonds. The summed E-state index contributed by atoms with van der Waals surface area (Å²) in [6.45, 7) is -0.513. The van der Waals surface area contributed by atoms with Gasteiger partial charge in [-0.15, -0.1) is 0 Å². The quantitative estimate of drug-likeness (QED) is 0.585. The summed E-state index contributed by atoms with van der Waals surface area (Å²) in [7, 11) is 0. The lowest BCUT2D eigenvalue weighted by Crippen LogP contribution is -2.44. The summed E-state index contributed by atoms with van der Waals surface area (Å²) < 4.78 is 0. The van der Waals surface area contributed by atoms with Crippen LogP contribution >= 0.6 is 0 Å². The van der Waals surface area contributed by atoms with Crippen molar-refractivity contribution in [3.05, 3.63) is 35.9 Å². The van der Waals surface area contributed by atoms with Gasteiger partial charge in [0, 0.05) is 0 Å². The van der Waals surface area contributed by atoms with Crippen LogP contribution in [0, 0.1) is 0 Å². The van der Waals surface area contributed by atoms with Gasteiger partial charge in [0.2, 0.25) is 0 Å². The zero-order valence-corrected chi connectivity index (χ0v) is 6.77. The Balaban J connectivity index is 2.95. The lowest BCUT2D eigenvalue weighted by molar-refractivity contribution is 0.121. The number of rotatable bonds is 3. The van der Waals surface area contributed by atoms with E-state index in [1.807, 2.05) is 18.2 Å². The average Bonchev–Trinajstić information content (AvgIpc) is 2.18. The Labute approximate surface area is 71.5 Å². The average molecular weight is 167 g/mol. The summed E-state index contributed by atoms with van der Waals surface area (Å²) in [5.41, 5.74) is 5.45. The molecular formula is C9H13NO2. The van der Waals surface area contributed by atoms with Crippen LogP contribution < -0.4 is 5.73 Å². The predicted octanol–water partition coefficient (Wildman–Crippen LogP) is -0.175. The standard InChI is InChI=1S/C9H13NO2/c10-9(6-11,7-12)8-4-2-1-3-5-8/h1-5,11-12H,6-7,10H2. The molecule has 0 aliphatic heterocycles. The van der Waals surface area contributed by atoms with E-state index in [0.717, 1.165) is 5.56 Å². The van der Waals surface area contributed by atoms with E-state index in [9.17, 15) is 0 Å². The highest BCUT2D eigenvalue weighted by Gasteiger charge is 2.24. The van der Waals surface area contributed by atoms with E-state index in [-0.39, 0.29) is 13.2 Å². The van der Waals surface area contributed by atoms with Crippen LogP contribution in [0.2, 0.25) is 0 Å². The second kappa shape index (κ2) is 3.67. The molecule has 0 aromatic heterocycles. The minimum Gasteiger partial charge on any atom is -0.394 e. The third-order valence-corrected chi connectivity index (χ3v) is 1.91. The number of benzene rings is 1. The largest absolute Gasteiger partial charge is 0.394 e. The van der Waals surface area contributed by atoms with Crippen LogP contribution in [0.25, 0.3) is 0 Å². The van der Waals surface area contributed by atoms with E-state index in [0.29, 0.717) is 0 Å². The van der Waals surface area contributed by atoms with Crippen LogP contribution in [0.1, 0.15) is 5.56 Å². The minimum absolute atomic E-state index is 0.256. The summed E-state index contributed by atoms with van der Waals surface area (Å²) in [5.74, 6) is 0. The van der Waals surface area contributed by atoms with Gasteiger partial charge in [0.05, 0.1) is 18.8 Å². The maximum absolute atomic E-state index is 8.95. The molecule has 1 rings (SSSR count). The van der Waals surface area contributed by atoms with Gasteiger partial charge < -0.3 is 15.9 Å². The van der Waals surface area contributed by atoms with Crippen molar-refractivity contribution in [2.24, 2.45) is 5.73 Å². The Morgan fingerprint density at radius 2 is 1.58 bits per heavy atom. The molecular weight excluding hydrogens is 154 g/mol. The molecule has 4 N–H and O–H groups in total. The lowest BCUT2D eigenvalue weighted by Gasteiger charge is -2.24. The number of hydrogen-bond donors (Lipinski definition) is 3. The molecule has 66 valence electrons. The molecule has 0 aliphatic rings. The smallest absolute Gasteiger partial charge is 0.0878 e. The van der Waals surface area contributed by atoms with Crippen molar-refractivity contribution < 1.29 is 10.2 Å². The molecule has 0 unspecified atom stereocenters. The zero-order valence-electron chi connectivity index (χ0n) is 6.77. The van der Waals surface area contributed by atoms with Crippen molar-refractivity contribution in [1.82, 2.24) is 0 Å². The summed E-state index contributed by atoms with van der Waals surface area (Å²) in [4.78, 5) is 0. The third kappa shape index (κ3) is 1.64. The SMILES string of the molecule is NC(CO)(CO)c1ccccc1. The molecule has 0 bridgehead atoms. The highest BCUT2D eigenvalue weighted by Crippen LogP contribution is 2.15. The number of aliphatic hydroxyl groups excluding tert-OH is 2. The van der Waals surface area contributed by atoms with Crippen molar-refractivity contribution >= 4 is 0 Å². The van der Waals surface area contributed by atoms with E-state index < -0.39 is 5.54 Å². The fraction of sp³-hybridized carbons (Fsp3) is 0.333. The molecule has 3 heteroatoms. The second-order valence-electron chi connectivity index (χ2n) is 2.84. The van der Waals surface area contributed by atoms with Crippen LogP contribution in [0.5, 0.6) is 0 Å². The Bertz CT molecular complexity index is 232. The number of aliphatic hydroxyl groups is 2. The first-order valence-electron chi connectivity index (χ1n) is 3.79. The first-order valence-corrected chi connectivity index (χ1v) is 3.79. The fourth-order valence-corrected chi connectivity index (χ4v) is 1.00. The molecule has 0 fully saturated rings. The molecule has 0 radical (unpaired) electrons. The van der Waals surface area contributed by atoms with E-state index in [2.05, 4.69) is 0 Å². The Hall–Kier alpha value is -0.900. The Morgan fingerprint density at radius 1 is 1.08 bits per heavy atom. The number of hydrogen-bond acceptors (Lipinski definition) is 3. The van der Waals surface area contributed by atoms with Crippen molar-refractivity contribution in [3.8, 4) is 0 Å². The van der Waals surface area contributed by atoms with E-state index in [4.69, 9.17) is 15.9 Å². The van der Waals surface area contributed by atoms with Gasteiger partial charge in [-0.25, -0.2) is 0 Å². The van der Waals surface area contributed by atoms with Crippen LogP contribution in [0.15, 0.2) is 30.3 Å². The third-order valence-electron chi connectivity index (χ3n) is 1.91. The molecule has 12 heavy (non-hydrogen) atoms. The van der Waals surface area contributed by atoms with E-state index >= 15 is 0 Å². The maximum Gasteiger partial charge on any atom is 0.0878 e. The summed E-state index contributed by atoms with van der Waals surface area (Å²) in [6.07, 6.45) is 0.